The second kappa shape index (κ2) is 3.28. The number of hydrogen-bond acceptors (Lipinski definition) is 4. The van der Waals surface area contributed by atoms with E-state index in [1.807, 2.05) is 0 Å². The number of ketones is 2. The van der Waals surface area contributed by atoms with E-state index in [-0.39, 0.29) is 24.1 Å². The van der Waals surface area contributed by atoms with Gasteiger partial charge in [-0.3, -0.25) is 14.9 Å². The maximum absolute atomic E-state index is 12.1. The fourth-order valence-corrected chi connectivity index (χ4v) is 2.02. The summed E-state index contributed by atoms with van der Waals surface area (Å²) in [6.45, 7) is 0.675. The molecule has 0 saturated carbocycles. The number of hydrogen-bond donors (Lipinski definition) is 1. The Kier molecular flexibility index (Phi) is 1.91. The predicted molar refractivity (Wildman–Crippen MR) is 56.1 cm³/mol. The van der Waals surface area contributed by atoms with Crippen LogP contribution in [-0.4, -0.2) is 24.8 Å². The molecule has 16 heavy (non-hydrogen) atoms. The van der Waals surface area contributed by atoms with Gasteiger partial charge in [0.25, 0.3) is 0 Å². The first-order valence-electron chi connectivity index (χ1n) is 5.04. The molecule has 0 unspecified atom stereocenters. The number of allylic oxidation sites excluding steroid dienone is 1. The zero-order chi connectivity index (χ0) is 11.1. The molecule has 1 aromatic carbocycles. The first kappa shape index (κ1) is 9.30. The van der Waals surface area contributed by atoms with E-state index >= 15 is 0 Å². The first-order chi connectivity index (χ1) is 7.79. The van der Waals surface area contributed by atoms with Crippen LogP contribution in [0.4, 0.5) is 0 Å². The molecule has 0 atom stereocenters. The summed E-state index contributed by atoms with van der Waals surface area (Å²) in [7, 11) is 0. The van der Waals surface area contributed by atoms with Crippen molar-refractivity contribution in [2.75, 3.05) is 13.3 Å². The summed E-state index contributed by atoms with van der Waals surface area (Å²) in [5.74, 6) is -0.0912. The minimum Gasteiger partial charge on any atom is -0.474 e. The van der Waals surface area contributed by atoms with Crippen LogP contribution in [0.1, 0.15) is 20.7 Å². The van der Waals surface area contributed by atoms with Gasteiger partial charge in [0.15, 0.2) is 11.5 Å². The van der Waals surface area contributed by atoms with Gasteiger partial charge in [-0.1, -0.05) is 24.3 Å². The molecule has 4 heteroatoms. The Labute approximate surface area is 91.9 Å². The van der Waals surface area contributed by atoms with Crippen LogP contribution >= 0.6 is 0 Å². The SMILES string of the molecule is O=C1C2=C(OCNC2)C(=O)c2ccccc21. The molecule has 0 fully saturated rings. The first-order valence-corrected chi connectivity index (χ1v) is 5.04. The largest absolute Gasteiger partial charge is 0.474 e. The lowest BCUT2D eigenvalue weighted by atomic mass is 9.88. The summed E-state index contributed by atoms with van der Waals surface area (Å²) in [5.41, 5.74) is 1.35. The van der Waals surface area contributed by atoms with Gasteiger partial charge in [-0.2, -0.15) is 0 Å². The molecule has 80 valence electrons. The lowest BCUT2D eigenvalue weighted by Crippen LogP contribution is -2.36. The molecule has 0 aromatic heterocycles. The van der Waals surface area contributed by atoms with Crippen LogP contribution in [0.3, 0.4) is 0 Å². The second-order valence-electron chi connectivity index (χ2n) is 3.73. The molecule has 1 heterocycles. The number of benzene rings is 1. The van der Waals surface area contributed by atoms with Gasteiger partial charge in [-0.25, -0.2) is 0 Å². The molecule has 0 spiro atoms. The Morgan fingerprint density at radius 3 is 2.50 bits per heavy atom. The average Bonchev–Trinajstić information content (AvgIpc) is 2.36. The molecule has 0 radical (unpaired) electrons. The molecule has 1 aliphatic heterocycles. The minimum atomic E-state index is -0.188. The Hall–Kier alpha value is -1.94. The van der Waals surface area contributed by atoms with E-state index in [0.29, 0.717) is 23.2 Å². The van der Waals surface area contributed by atoms with Gasteiger partial charge in [0.1, 0.15) is 6.73 Å². The van der Waals surface area contributed by atoms with E-state index in [9.17, 15) is 9.59 Å². The van der Waals surface area contributed by atoms with E-state index in [4.69, 9.17) is 4.74 Å². The average molecular weight is 215 g/mol. The standard InChI is InChI=1S/C12H9NO3/c14-10-7-3-1-2-4-8(7)11(15)12-9(10)5-13-6-16-12/h1-4,13H,5-6H2. The van der Waals surface area contributed by atoms with Crippen LogP contribution in [0, 0.1) is 0 Å². The number of carbonyl (C=O) groups excluding carboxylic acids is 2. The molecule has 0 bridgehead atoms. The second-order valence-corrected chi connectivity index (χ2v) is 3.73. The van der Waals surface area contributed by atoms with Crippen molar-refractivity contribution in [2.45, 2.75) is 0 Å². The van der Waals surface area contributed by atoms with E-state index in [2.05, 4.69) is 5.32 Å². The van der Waals surface area contributed by atoms with E-state index < -0.39 is 0 Å². The fourth-order valence-electron chi connectivity index (χ4n) is 2.02. The van der Waals surface area contributed by atoms with Crippen LogP contribution in [-0.2, 0) is 4.74 Å². The summed E-state index contributed by atoms with van der Waals surface area (Å²) >= 11 is 0. The van der Waals surface area contributed by atoms with Gasteiger partial charge in [0.05, 0.1) is 5.57 Å². The third-order valence-corrected chi connectivity index (χ3v) is 2.79. The highest BCUT2D eigenvalue weighted by atomic mass is 16.5. The summed E-state index contributed by atoms with van der Waals surface area (Å²) in [4.78, 5) is 24.1. The van der Waals surface area contributed by atoms with Crippen molar-refractivity contribution in [2.24, 2.45) is 0 Å². The van der Waals surface area contributed by atoms with E-state index in [1.54, 1.807) is 24.3 Å². The lowest BCUT2D eigenvalue weighted by molar-refractivity contribution is 0.0820. The number of Topliss-reactive ketones (excluding diaryl/α,β-unsaturated/α-hetero) is 2. The summed E-state index contributed by atoms with van der Waals surface area (Å²) < 4.78 is 5.22. The van der Waals surface area contributed by atoms with E-state index in [1.165, 1.54) is 0 Å². The van der Waals surface area contributed by atoms with Gasteiger partial charge >= 0.3 is 0 Å². The number of rotatable bonds is 0. The molecule has 4 nitrogen and oxygen atoms in total. The zero-order valence-electron chi connectivity index (χ0n) is 8.45. The molecule has 2 aliphatic rings. The van der Waals surface area contributed by atoms with Crippen LogP contribution < -0.4 is 5.32 Å². The molecular weight excluding hydrogens is 206 g/mol. The number of nitrogens with one attached hydrogen (secondary N) is 1. The highest BCUT2D eigenvalue weighted by Crippen LogP contribution is 2.27. The monoisotopic (exact) mass is 215 g/mol. The maximum Gasteiger partial charge on any atom is 0.228 e. The molecule has 1 N–H and O–H groups in total. The van der Waals surface area contributed by atoms with Crippen LogP contribution in [0.15, 0.2) is 35.6 Å². The van der Waals surface area contributed by atoms with Crippen LogP contribution in [0.5, 0.6) is 0 Å². The van der Waals surface area contributed by atoms with Gasteiger partial charge < -0.3 is 4.74 Å². The lowest BCUT2D eigenvalue weighted by Gasteiger charge is -2.25. The fraction of sp³-hybridized carbons (Fsp3) is 0.167. The number of carbonyl (C=O) groups is 2. The number of ether oxygens (including phenoxy) is 1. The van der Waals surface area contributed by atoms with Gasteiger partial charge in [0, 0.05) is 17.7 Å². The Balaban J connectivity index is 2.22. The maximum atomic E-state index is 12.1. The van der Waals surface area contributed by atoms with Gasteiger partial charge in [-0.15, -0.1) is 0 Å². The van der Waals surface area contributed by atoms with Gasteiger partial charge in [-0.05, 0) is 0 Å². The van der Waals surface area contributed by atoms with Crippen molar-refractivity contribution in [3.8, 4) is 0 Å². The third kappa shape index (κ3) is 1.13. The van der Waals surface area contributed by atoms with Crippen molar-refractivity contribution in [1.82, 2.24) is 5.32 Å². The molecule has 1 aromatic rings. The smallest absolute Gasteiger partial charge is 0.228 e. The Morgan fingerprint density at radius 1 is 1.06 bits per heavy atom. The van der Waals surface area contributed by atoms with Gasteiger partial charge in [0.2, 0.25) is 5.78 Å². The Morgan fingerprint density at radius 2 is 1.75 bits per heavy atom. The van der Waals surface area contributed by atoms with Crippen molar-refractivity contribution in [1.29, 1.82) is 0 Å². The van der Waals surface area contributed by atoms with Crippen molar-refractivity contribution < 1.29 is 14.3 Å². The molecule has 0 amide bonds. The number of fused-ring (bicyclic) bond motifs is 1. The third-order valence-electron chi connectivity index (χ3n) is 2.79. The molecule has 3 rings (SSSR count). The van der Waals surface area contributed by atoms with E-state index in [0.717, 1.165) is 0 Å². The molecular formula is C12H9NO3. The topological polar surface area (TPSA) is 55.4 Å². The van der Waals surface area contributed by atoms with Crippen LogP contribution in [0.2, 0.25) is 0 Å². The zero-order valence-corrected chi connectivity index (χ0v) is 8.45. The minimum absolute atomic E-state index is 0.114. The van der Waals surface area contributed by atoms with Crippen molar-refractivity contribution in [3.63, 3.8) is 0 Å². The quantitative estimate of drug-likeness (QED) is 0.698. The summed E-state index contributed by atoms with van der Waals surface area (Å²) in [6, 6.07) is 6.84. The normalized spacial score (nSPS) is 19.0. The molecule has 0 saturated heterocycles. The Bertz CT molecular complexity index is 484. The highest BCUT2D eigenvalue weighted by Gasteiger charge is 2.34. The van der Waals surface area contributed by atoms with Crippen molar-refractivity contribution >= 4 is 11.6 Å². The predicted octanol–water partition coefficient (Wildman–Crippen LogP) is 0.897. The molecule has 1 aliphatic carbocycles. The van der Waals surface area contributed by atoms with Crippen molar-refractivity contribution in [3.05, 3.63) is 46.7 Å². The summed E-state index contributed by atoms with van der Waals surface area (Å²) in [6.07, 6.45) is 0. The summed E-state index contributed by atoms with van der Waals surface area (Å²) in [5, 5.41) is 2.91. The highest BCUT2D eigenvalue weighted by molar-refractivity contribution is 6.26. The van der Waals surface area contributed by atoms with Crippen LogP contribution in [0.25, 0.3) is 0 Å².